The van der Waals surface area contributed by atoms with Gasteiger partial charge in [-0.2, -0.15) is 5.10 Å². The molecule has 7 nitrogen and oxygen atoms in total. The summed E-state index contributed by atoms with van der Waals surface area (Å²) in [5.41, 5.74) is 2.00. The summed E-state index contributed by atoms with van der Waals surface area (Å²) in [5.74, 6) is 0.110. The third kappa shape index (κ3) is 4.20. The molecular weight excluding hydrogens is 393 g/mol. The molecule has 0 unspecified atom stereocenters. The van der Waals surface area contributed by atoms with Crippen LogP contribution in [-0.2, 0) is 6.54 Å². The number of amides is 1. The van der Waals surface area contributed by atoms with E-state index in [-0.39, 0.29) is 18.2 Å². The van der Waals surface area contributed by atoms with Gasteiger partial charge in [-0.3, -0.25) is 9.48 Å². The number of phenolic OH excluding ortho intramolecular Hbond substituents is 1. The Balaban J connectivity index is 1.74. The Morgan fingerprint density at radius 2 is 2.19 bits per heavy atom. The molecule has 1 amide bonds. The Hall–Kier alpha value is -2.65. The number of anilines is 3. The molecule has 0 aliphatic carbocycles. The van der Waals surface area contributed by atoms with Crippen molar-refractivity contribution < 1.29 is 14.3 Å². The van der Waals surface area contributed by atoms with Gasteiger partial charge < -0.3 is 15.7 Å². The number of alkyl halides is 1. The second-order valence-electron chi connectivity index (χ2n) is 5.79. The van der Waals surface area contributed by atoms with Crippen molar-refractivity contribution in [2.24, 2.45) is 0 Å². The number of aryl methyl sites for hydroxylation is 2. The van der Waals surface area contributed by atoms with Crippen molar-refractivity contribution in [2.75, 3.05) is 17.3 Å². The maximum atomic E-state index is 12.5. The van der Waals surface area contributed by atoms with Crippen molar-refractivity contribution in [3.8, 4) is 5.75 Å². The van der Waals surface area contributed by atoms with E-state index in [0.717, 1.165) is 16.9 Å². The fourth-order valence-corrected chi connectivity index (χ4v) is 3.33. The topological polar surface area (TPSA) is 92.1 Å². The monoisotopic (exact) mass is 409 g/mol. The number of aromatic hydroxyl groups is 1. The number of halogens is 2. The lowest BCUT2D eigenvalue weighted by molar-refractivity contribution is 0.103. The lowest BCUT2D eigenvalue weighted by Crippen LogP contribution is -2.12. The number of carbonyl (C=O) groups is 1. The lowest BCUT2D eigenvalue weighted by Gasteiger charge is -2.11. The Morgan fingerprint density at radius 3 is 2.93 bits per heavy atom. The van der Waals surface area contributed by atoms with Crippen LogP contribution in [0, 0.1) is 13.8 Å². The van der Waals surface area contributed by atoms with Crippen LogP contribution in [0.2, 0.25) is 5.02 Å². The number of nitrogens with zero attached hydrogens (tertiary/aromatic N) is 3. The third-order valence-corrected chi connectivity index (χ3v) is 5.06. The first kappa shape index (κ1) is 19.1. The highest BCUT2D eigenvalue weighted by atomic mass is 35.5. The molecule has 3 rings (SSSR count). The van der Waals surface area contributed by atoms with Crippen molar-refractivity contribution in [1.82, 2.24) is 14.8 Å². The first-order chi connectivity index (χ1) is 12.9. The van der Waals surface area contributed by atoms with Crippen molar-refractivity contribution >= 4 is 45.5 Å². The van der Waals surface area contributed by atoms with Gasteiger partial charge >= 0.3 is 0 Å². The number of nitrogens with one attached hydrogen (secondary N) is 2. The van der Waals surface area contributed by atoms with E-state index in [1.54, 1.807) is 19.1 Å². The largest absolute Gasteiger partial charge is 0.508 e. The predicted molar refractivity (Wildman–Crippen MR) is 104 cm³/mol. The van der Waals surface area contributed by atoms with Crippen LogP contribution in [0.3, 0.4) is 0 Å². The fraction of sp³-hybridized carbons (Fsp3) is 0.235. The van der Waals surface area contributed by atoms with Crippen LogP contribution in [0.4, 0.5) is 21.0 Å². The molecule has 0 atom stereocenters. The Morgan fingerprint density at radius 1 is 1.41 bits per heavy atom. The van der Waals surface area contributed by atoms with E-state index >= 15 is 0 Å². The van der Waals surface area contributed by atoms with Crippen LogP contribution in [0.5, 0.6) is 5.75 Å². The summed E-state index contributed by atoms with van der Waals surface area (Å²) in [4.78, 5) is 17.0. The van der Waals surface area contributed by atoms with Crippen LogP contribution in [0.1, 0.15) is 20.8 Å². The fourth-order valence-electron chi connectivity index (χ4n) is 2.42. The van der Waals surface area contributed by atoms with E-state index in [4.69, 9.17) is 11.6 Å². The van der Waals surface area contributed by atoms with Crippen LogP contribution >= 0.6 is 22.9 Å². The van der Waals surface area contributed by atoms with E-state index < -0.39 is 6.67 Å². The molecule has 2 heterocycles. The average Bonchev–Trinajstić information content (AvgIpc) is 3.23. The van der Waals surface area contributed by atoms with Crippen LogP contribution < -0.4 is 10.6 Å². The van der Waals surface area contributed by atoms with Gasteiger partial charge in [-0.05, 0) is 25.5 Å². The molecule has 0 saturated carbocycles. The van der Waals surface area contributed by atoms with Crippen molar-refractivity contribution in [2.45, 2.75) is 20.4 Å². The highest BCUT2D eigenvalue weighted by Gasteiger charge is 2.16. The molecule has 0 bridgehead atoms. The molecule has 0 saturated heterocycles. The first-order valence-corrected chi connectivity index (χ1v) is 9.20. The van der Waals surface area contributed by atoms with E-state index in [1.165, 1.54) is 17.1 Å². The number of aromatic nitrogens is 3. The maximum Gasteiger partial charge on any atom is 0.267 e. The van der Waals surface area contributed by atoms with Gasteiger partial charge in [-0.25, -0.2) is 9.37 Å². The normalized spacial score (nSPS) is 10.8. The van der Waals surface area contributed by atoms with Crippen molar-refractivity contribution in [3.63, 3.8) is 0 Å². The summed E-state index contributed by atoms with van der Waals surface area (Å²) in [6.07, 6.45) is 2.94. The molecule has 27 heavy (non-hydrogen) atoms. The molecule has 2 aromatic heterocycles. The molecule has 10 heteroatoms. The molecule has 1 aromatic carbocycles. The number of thiazole rings is 1. The third-order valence-electron chi connectivity index (χ3n) is 3.87. The quantitative estimate of drug-likeness (QED) is 0.565. The van der Waals surface area contributed by atoms with Crippen molar-refractivity contribution in [1.29, 1.82) is 0 Å². The first-order valence-electron chi connectivity index (χ1n) is 8.01. The number of carbonyl (C=O) groups excluding carboxylic acids is 1. The minimum atomic E-state index is -0.549. The lowest BCUT2D eigenvalue weighted by atomic mass is 10.1. The molecule has 142 valence electrons. The average molecular weight is 410 g/mol. The Labute approximate surface area is 163 Å². The van der Waals surface area contributed by atoms with Gasteiger partial charge in [0, 0.05) is 11.8 Å². The number of hydrogen-bond donors (Lipinski definition) is 3. The zero-order valence-electron chi connectivity index (χ0n) is 14.6. The summed E-state index contributed by atoms with van der Waals surface area (Å²) in [5, 5.41) is 20.4. The van der Waals surface area contributed by atoms with Crippen LogP contribution in [0.25, 0.3) is 0 Å². The zero-order valence-corrected chi connectivity index (χ0v) is 16.2. The molecule has 0 aliphatic rings. The number of phenols is 1. The molecule has 0 fully saturated rings. The maximum absolute atomic E-state index is 12.5. The van der Waals surface area contributed by atoms with Gasteiger partial charge in [-0.1, -0.05) is 29.0 Å². The van der Waals surface area contributed by atoms with E-state index in [2.05, 4.69) is 20.7 Å². The highest BCUT2D eigenvalue weighted by molar-refractivity contribution is 7.17. The van der Waals surface area contributed by atoms with Gasteiger partial charge in [-0.15, -0.1) is 0 Å². The second kappa shape index (κ2) is 7.93. The van der Waals surface area contributed by atoms with Gasteiger partial charge in [0.2, 0.25) is 0 Å². The molecule has 0 aliphatic heterocycles. The second-order valence-corrected chi connectivity index (χ2v) is 7.23. The standard InChI is InChI=1S/C17H17ClFN5O2S/c1-9-3-4-12(25)10(2)14(9)21-16(26)13-7-20-17(27-13)22-15-11(18)8-24(23-15)6-5-19/h3-4,7-8,25H,5-6H2,1-2H3,(H,21,26)(H,20,22,23). The SMILES string of the molecule is Cc1ccc(O)c(C)c1NC(=O)c1cnc(Nc2nn(CCF)cc2Cl)s1. The number of benzene rings is 1. The van der Waals surface area contributed by atoms with Gasteiger partial charge in [0.25, 0.3) is 5.91 Å². The van der Waals surface area contributed by atoms with Gasteiger partial charge in [0.05, 0.1) is 18.4 Å². The smallest absolute Gasteiger partial charge is 0.267 e. The number of hydrogen-bond acceptors (Lipinski definition) is 6. The molecular formula is C17H17ClFN5O2S. The number of rotatable bonds is 6. The molecule has 0 spiro atoms. The Kier molecular flexibility index (Phi) is 5.62. The minimum Gasteiger partial charge on any atom is -0.508 e. The van der Waals surface area contributed by atoms with E-state index in [9.17, 15) is 14.3 Å². The van der Waals surface area contributed by atoms with E-state index in [0.29, 0.717) is 32.1 Å². The van der Waals surface area contributed by atoms with Crippen LogP contribution in [0.15, 0.2) is 24.5 Å². The Bertz CT molecular complexity index is 988. The summed E-state index contributed by atoms with van der Waals surface area (Å²) >= 11 is 7.19. The highest BCUT2D eigenvalue weighted by Crippen LogP contribution is 2.30. The van der Waals surface area contributed by atoms with Gasteiger partial charge in [0.15, 0.2) is 10.9 Å². The van der Waals surface area contributed by atoms with Gasteiger partial charge in [0.1, 0.15) is 22.3 Å². The zero-order chi connectivity index (χ0) is 19.6. The summed E-state index contributed by atoms with van der Waals surface area (Å²) < 4.78 is 13.8. The van der Waals surface area contributed by atoms with Crippen LogP contribution in [-0.4, -0.2) is 32.5 Å². The molecule has 3 aromatic rings. The summed E-state index contributed by atoms with van der Waals surface area (Å²) in [7, 11) is 0. The van der Waals surface area contributed by atoms with Crippen molar-refractivity contribution in [3.05, 3.63) is 45.6 Å². The molecule has 3 N–H and O–H groups in total. The van der Waals surface area contributed by atoms with E-state index in [1.807, 2.05) is 6.92 Å². The minimum absolute atomic E-state index is 0.107. The predicted octanol–water partition coefficient (Wildman–Crippen LogP) is 4.28. The molecule has 0 radical (unpaired) electrons. The summed E-state index contributed by atoms with van der Waals surface area (Å²) in [6, 6.07) is 3.31. The summed E-state index contributed by atoms with van der Waals surface area (Å²) in [6.45, 7) is 3.13.